The minimum Gasteiger partial charge on any atom is -0.381 e. The lowest BCUT2D eigenvalue weighted by atomic mass is 10.1. The number of pyridine rings is 1. The van der Waals surface area contributed by atoms with Crippen LogP contribution in [-0.2, 0) is 4.74 Å². The molecule has 0 aromatic carbocycles. The molecule has 0 spiro atoms. The minimum atomic E-state index is 0.524. The Balaban J connectivity index is 1.92. The van der Waals surface area contributed by atoms with Gasteiger partial charge < -0.3 is 10.1 Å². The molecule has 2 heterocycles. The van der Waals surface area contributed by atoms with Crippen LogP contribution < -0.4 is 5.32 Å². The second kappa shape index (κ2) is 4.93. The van der Waals surface area contributed by atoms with Crippen molar-refractivity contribution in [2.45, 2.75) is 18.9 Å². The van der Waals surface area contributed by atoms with Crippen molar-refractivity contribution in [3.8, 4) is 0 Å². The molecule has 1 aliphatic rings. The topological polar surface area (TPSA) is 34.1 Å². The van der Waals surface area contributed by atoms with Crippen molar-refractivity contribution < 1.29 is 4.74 Å². The largest absolute Gasteiger partial charge is 0.381 e. The molecule has 0 bridgehead atoms. The maximum atomic E-state index is 5.29. The van der Waals surface area contributed by atoms with Crippen molar-refractivity contribution in [3.63, 3.8) is 0 Å². The summed E-state index contributed by atoms with van der Waals surface area (Å²) in [5.41, 5.74) is 0. The van der Waals surface area contributed by atoms with Gasteiger partial charge in [-0.2, -0.15) is 0 Å². The van der Waals surface area contributed by atoms with E-state index >= 15 is 0 Å². The smallest absolute Gasteiger partial charge is 0.126 e. The lowest BCUT2D eigenvalue weighted by Crippen LogP contribution is -2.28. The maximum absolute atomic E-state index is 5.29. The van der Waals surface area contributed by atoms with Gasteiger partial charge in [0.25, 0.3) is 0 Å². The third-order valence-corrected chi connectivity index (χ3v) is 2.94. The lowest BCUT2D eigenvalue weighted by molar-refractivity contribution is 0.0904. The number of rotatable bonds is 2. The zero-order valence-electron chi connectivity index (χ0n) is 7.87. The zero-order valence-corrected chi connectivity index (χ0v) is 10.0. The van der Waals surface area contributed by atoms with Gasteiger partial charge in [0.2, 0.25) is 0 Å². The van der Waals surface area contributed by atoms with Gasteiger partial charge in [0.15, 0.2) is 0 Å². The highest BCUT2D eigenvalue weighted by atomic mass is 127. The van der Waals surface area contributed by atoms with E-state index in [1.807, 2.05) is 12.3 Å². The summed E-state index contributed by atoms with van der Waals surface area (Å²) in [5.74, 6) is 0.970. The van der Waals surface area contributed by atoms with Gasteiger partial charge in [-0.25, -0.2) is 4.98 Å². The molecule has 1 aromatic rings. The first-order valence-electron chi connectivity index (χ1n) is 4.80. The predicted octanol–water partition coefficient (Wildman–Crippen LogP) is 2.28. The summed E-state index contributed by atoms with van der Waals surface area (Å²) in [4.78, 5) is 4.31. The van der Waals surface area contributed by atoms with Crippen LogP contribution in [0.15, 0.2) is 18.3 Å². The molecule has 0 radical (unpaired) electrons. The van der Waals surface area contributed by atoms with E-state index in [9.17, 15) is 0 Å². The SMILES string of the molecule is Ic1ccc(NC2CCOCC2)nc1. The van der Waals surface area contributed by atoms with E-state index in [1.165, 1.54) is 3.57 Å². The van der Waals surface area contributed by atoms with Gasteiger partial charge in [-0.05, 0) is 47.6 Å². The molecule has 1 N–H and O–H groups in total. The van der Waals surface area contributed by atoms with Gasteiger partial charge in [-0.3, -0.25) is 0 Å². The molecule has 0 unspecified atom stereocenters. The molecule has 0 aliphatic carbocycles. The van der Waals surface area contributed by atoms with Crippen molar-refractivity contribution in [1.82, 2.24) is 4.98 Å². The Bertz CT molecular complexity index is 283. The van der Waals surface area contributed by atoms with Gasteiger partial charge >= 0.3 is 0 Å². The Hall–Kier alpha value is -0.360. The molecular weight excluding hydrogens is 291 g/mol. The lowest BCUT2D eigenvalue weighted by Gasteiger charge is -2.23. The number of hydrogen-bond acceptors (Lipinski definition) is 3. The van der Waals surface area contributed by atoms with Crippen LogP contribution in [0.3, 0.4) is 0 Å². The van der Waals surface area contributed by atoms with Crippen LogP contribution in [0, 0.1) is 3.57 Å². The summed E-state index contributed by atoms with van der Waals surface area (Å²) in [6.07, 6.45) is 4.03. The first-order chi connectivity index (χ1) is 6.84. The van der Waals surface area contributed by atoms with E-state index < -0.39 is 0 Å². The number of hydrogen-bond donors (Lipinski definition) is 1. The molecule has 14 heavy (non-hydrogen) atoms. The van der Waals surface area contributed by atoms with Crippen LogP contribution in [0.4, 0.5) is 5.82 Å². The molecule has 4 heteroatoms. The molecule has 0 amide bonds. The van der Waals surface area contributed by atoms with Crippen LogP contribution in [0.5, 0.6) is 0 Å². The van der Waals surface area contributed by atoms with Gasteiger partial charge in [-0.15, -0.1) is 0 Å². The predicted molar refractivity (Wildman–Crippen MR) is 64.4 cm³/mol. The average molecular weight is 304 g/mol. The summed E-state index contributed by atoms with van der Waals surface area (Å²) in [6, 6.07) is 4.61. The second-order valence-corrected chi connectivity index (χ2v) is 4.64. The molecule has 1 aromatic heterocycles. The first-order valence-corrected chi connectivity index (χ1v) is 5.88. The van der Waals surface area contributed by atoms with E-state index in [0.29, 0.717) is 6.04 Å². The van der Waals surface area contributed by atoms with Gasteiger partial charge in [0.1, 0.15) is 5.82 Å². The van der Waals surface area contributed by atoms with Crippen LogP contribution in [-0.4, -0.2) is 24.2 Å². The average Bonchev–Trinajstić information content (AvgIpc) is 2.23. The van der Waals surface area contributed by atoms with E-state index in [0.717, 1.165) is 31.9 Å². The van der Waals surface area contributed by atoms with Crippen molar-refractivity contribution in [2.75, 3.05) is 18.5 Å². The van der Waals surface area contributed by atoms with E-state index in [1.54, 1.807) is 0 Å². The summed E-state index contributed by atoms with van der Waals surface area (Å²) in [5, 5.41) is 3.41. The fraction of sp³-hybridized carbons (Fsp3) is 0.500. The Morgan fingerprint density at radius 1 is 1.36 bits per heavy atom. The number of aromatic nitrogens is 1. The minimum absolute atomic E-state index is 0.524. The fourth-order valence-corrected chi connectivity index (χ4v) is 1.83. The molecule has 1 aliphatic heterocycles. The van der Waals surface area contributed by atoms with Gasteiger partial charge in [0, 0.05) is 29.0 Å². The standard InChI is InChI=1S/C10H13IN2O/c11-8-1-2-10(12-7-8)13-9-3-5-14-6-4-9/h1-2,7,9H,3-6H2,(H,12,13). The Morgan fingerprint density at radius 2 is 2.14 bits per heavy atom. The zero-order chi connectivity index (χ0) is 9.80. The Labute approximate surface area is 97.4 Å². The molecule has 0 saturated carbocycles. The van der Waals surface area contributed by atoms with Crippen LogP contribution in [0.1, 0.15) is 12.8 Å². The first kappa shape index (κ1) is 10.2. The molecular formula is C10H13IN2O. The highest BCUT2D eigenvalue weighted by Crippen LogP contribution is 2.13. The fourth-order valence-electron chi connectivity index (χ4n) is 1.51. The number of nitrogens with zero attached hydrogens (tertiary/aromatic N) is 1. The number of ether oxygens (including phenoxy) is 1. The third-order valence-electron chi connectivity index (χ3n) is 2.30. The highest BCUT2D eigenvalue weighted by molar-refractivity contribution is 14.1. The van der Waals surface area contributed by atoms with Crippen molar-refractivity contribution in [2.24, 2.45) is 0 Å². The molecule has 1 fully saturated rings. The molecule has 3 nitrogen and oxygen atoms in total. The number of nitrogens with one attached hydrogen (secondary N) is 1. The Kier molecular flexibility index (Phi) is 3.58. The van der Waals surface area contributed by atoms with Crippen molar-refractivity contribution >= 4 is 28.4 Å². The van der Waals surface area contributed by atoms with E-state index in [-0.39, 0.29) is 0 Å². The third kappa shape index (κ3) is 2.81. The van der Waals surface area contributed by atoms with Crippen LogP contribution in [0.25, 0.3) is 0 Å². The molecule has 76 valence electrons. The second-order valence-electron chi connectivity index (χ2n) is 3.39. The van der Waals surface area contributed by atoms with E-state index in [4.69, 9.17) is 4.74 Å². The number of halogens is 1. The van der Waals surface area contributed by atoms with Gasteiger partial charge in [-0.1, -0.05) is 0 Å². The van der Waals surface area contributed by atoms with Gasteiger partial charge in [0.05, 0.1) is 0 Å². The highest BCUT2D eigenvalue weighted by Gasteiger charge is 2.13. The van der Waals surface area contributed by atoms with Crippen molar-refractivity contribution in [3.05, 3.63) is 21.9 Å². The Morgan fingerprint density at radius 3 is 2.79 bits per heavy atom. The summed E-state index contributed by atoms with van der Waals surface area (Å²) >= 11 is 2.26. The molecule has 1 saturated heterocycles. The summed E-state index contributed by atoms with van der Waals surface area (Å²) < 4.78 is 6.46. The summed E-state index contributed by atoms with van der Waals surface area (Å²) in [7, 11) is 0. The van der Waals surface area contributed by atoms with Crippen molar-refractivity contribution in [1.29, 1.82) is 0 Å². The van der Waals surface area contributed by atoms with E-state index in [2.05, 4.69) is 39.0 Å². The quantitative estimate of drug-likeness (QED) is 0.851. The maximum Gasteiger partial charge on any atom is 0.126 e. The number of anilines is 1. The summed E-state index contributed by atoms with van der Waals surface area (Å²) in [6.45, 7) is 1.73. The van der Waals surface area contributed by atoms with Crippen LogP contribution in [0.2, 0.25) is 0 Å². The molecule has 2 rings (SSSR count). The van der Waals surface area contributed by atoms with Crippen LogP contribution >= 0.6 is 22.6 Å². The molecule has 0 atom stereocenters. The normalized spacial score (nSPS) is 18.1. The monoisotopic (exact) mass is 304 g/mol.